The molecule has 0 rings (SSSR count). The molecule has 0 aliphatic rings. The Kier molecular flexibility index (Phi) is 5.37. The fourth-order valence-electron chi connectivity index (χ4n) is 0.235. The molecule has 0 aliphatic heterocycles. The van der Waals surface area contributed by atoms with Gasteiger partial charge in [-0.2, -0.15) is 0 Å². The molecule has 0 amide bonds. The summed E-state index contributed by atoms with van der Waals surface area (Å²) in [6.07, 6.45) is -0.817. The van der Waals surface area contributed by atoms with Crippen molar-refractivity contribution in [2.75, 3.05) is 6.61 Å². The molecule has 0 aromatic heterocycles. The molecule has 0 aliphatic carbocycles. The lowest BCUT2D eigenvalue weighted by Crippen LogP contribution is -2.46. The van der Waals surface area contributed by atoms with E-state index >= 15 is 0 Å². The Morgan fingerprint density at radius 1 is 1.56 bits per heavy atom. The maximum Gasteiger partial charge on any atom is 0.0944 e. The van der Waals surface area contributed by atoms with E-state index in [2.05, 4.69) is 0 Å². The second kappa shape index (κ2) is 4.06. The van der Waals surface area contributed by atoms with Crippen LogP contribution in [0.1, 0.15) is 13.8 Å². The summed E-state index contributed by atoms with van der Waals surface area (Å²) in [6, 6.07) is 0. The quantitative estimate of drug-likeness (QED) is 0.504. The van der Waals surface area contributed by atoms with Crippen LogP contribution in [0.15, 0.2) is 0 Å². The molecule has 0 radical (unpaired) electrons. The first-order chi connectivity index (χ1) is 3.48. The van der Waals surface area contributed by atoms with Gasteiger partial charge in [0, 0.05) is 5.54 Å². The first-order valence-electron chi connectivity index (χ1n) is 2.56. The molecule has 0 fully saturated rings. The van der Waals surface area contributed by atoms with Crippen molar-refractivity contribution in [1.82, 2.24) is 0 Å². The number of hydrogen-bond donors (Lipinski definition) is 3. The van der Waals surface area contributed by atoms with E-state index in [1.807, 2.05) is 0 Å². The van der Waals surface area contributed by atoms with E-state index < -0.39 is 11.6 Å². The summed E-state index contributed by atoms with van der Waals surface area (Å²) in [5.41, 5.74) is 4.69. The molecule has 3 nitrogen and oxygen atoms in total. The highest BCUT2D eigenvalue weighted by atomic mass is 35.5. The topological polar surface area (TPSA) is 66.5 Å². The van der Waals surface area contributed by atoms with Crippen molar-refractivity contribution in [2.45, 2.75) is 25.5 Å². The highest BCUT2D eigenvalue weighted by molar-refractivity contribution is 5.85. The van der Waals surface area contributed by atoms with Crippen molar-refractivity contribution in [3.8, 4) is 0 Å². The van der Waals surface area contributed by atoms with Crippen LogP contribution in [0.5, 0.6) is 0 Å². The van der Waals surface area contributed by atoms with Crippen LogP contribution in [-0.4, -0.2) is 28.5 Å². The lowest BCUT2D eigenvalue weighted by atomic mass is 10.0. The summed E-state index contributed by atoms with van der Waals surface area (Å²) in [5.74, 6) is 0. The highest BCUT2D eigenvalue weighted by Crippen LogP contribution is 2.02. The molecule has 4 heteroatoms. The molecule has 4 N–H and O–H groups in total. The van der Waals surface area contributed by atoms with Gasteiger partial charge in [-0.25, -0.2) is 0 Å². The average molecular weight is 156 g/mol. The molecule has 0 saturated heterocycles. The third-order valence-corrected chi connectivity index (χ3v) is 1.03. The Bertz CT molecular complexity index is 71.8. The summed E-state index contributed by atoms with van der Waals surface area (Å²) in [6.45, 7) is 3.05. The normalized spacial score (nSPS) is 14.3. The average Bonchev–Trinajstić information content (AvgIpc) is 1.62. The Labute approximate surface area is 61.3 Å². The lowest BCUT2D eigenvalue weighted by molar-refractivity contribution is 0.0449. The molecule has 58 valence electrons. The van der Waals surface area contributed by atoms with E-state index in [0.717, 1.165) is 0 Å². The predicted octanol–water partition coefficient (Wildman–Crippen LogP) is -0.501. The Morgan fingerprint density at radius 3 is 1.89 bits per heavy atom. The minimum Gasteiger partial charge on any atom is -0.394 e. The zero-order valence-corrected chi connectivity index (χ0v) is 6.48. The number of halogens is 1. The maximum absolute atomic E-state index is 8.82. The van der Waals surface area contributed by atoms with Gasteiger partial charge in [0.25, 0.3) is 0 Å². The molecular formula is C5H14ClNO2. The third-order valence-electron chi connectivity index (χ3n) is 1.03. The van der Waals surface area contributed by atoms with E-state index in [9.17, 15) is 0 Å². The molecule has 0 saturated carbocycles. The number of aliphatic hydroxyl groups is 2. The predicted molar refractivity (Wildman–Crippen MR) is 38.6 cm³/mol. The standard InChI is InChI=1S/C5H13NO2.ClH/c1-5(2,6)4(8)3-7;/h4,7-8H,3,6H2,1-2H3;1H. The smallest absolute Gasteiger partial charge is 0.0944 e. The van der Waals surface area contributed by atoms with E-state index in [0.29, 0.717) is 0 Å². The van der Waals surface area contributed by atoms with Gasteiger partial charge < -0.3 is 15.9 Å². The SMILES string of the molecule is CC(C)(N)C(O)CO.Cl. The van der Waals surface area contributed by atoms with Crippen molar-refractivity contribution < 1.29 is 10.2 Å². The van der Waals surface area contributed by atoms with Gasteiger partial charge >= 0.3 is 0 Å². The van der Waals surface area contributed by atoms with Gasteiger partial charge in [-0.05, 0) is 13.8 Å². The van der Waals surface area contributed by atoms with Gasteiger partial charge in [0.1, 0.15) is 0 Å². The van der Waals surface area contributed by atoms with Crippen LogP contribution < -0.4 is 5.73 Å². The Morgan fingerprint density at radius 2 is 1.89 bits per heavy atom. The molecule has 0 heterocycles. The molecule has 9 heavy (non-hydrogen) atoms. The molecule has 0 aromatic carbocycles. The van der Waals surface area contributed by atoms with E-state index in [-0.39, 0.29) is 19.0 Å². The van der Waals surface area contributed by atoms with Crippen LogP contribution in [0.3, 0.4) is 0 Å². The van der Waals surface area contributed by atoms with Gasteiger partial charge in [0.05, 0.1) is 12.7 Å². The summed E-state index contributed by atoms with van der Waals surface area (Å²) in [5, 5.41) is 17.2. The van der Waals surface area contributed by atoms with Gasteiger partial charge in [0.15, 0.2) is 0 Å². The fraction of sp³-hybridized carbons (Fsp3) is 1.00. The van der Waals surface area contributed by atoms with Gasteiger partial charge in [-0.1, -0.05) is 0 Å². The number of hydrogen-bond acceptors (Lipinski definition) is 3. The van der Waals surface area contributed by atoms with E-state index in [1.165, 1.54) is 0 Å². The van der Waals surface area contributed by atoms with Crippen LogP contribution in [0.2, 0.25) is 0 Å². The summed E-state index contributed by atoms with van der Waals surface area (Å²) in [7, 11) is 0. The molecule has 0 bridgehead atoms. The molecular weight excluding hydrogens is 142 g/mol. The third kappa shape index (κ3) is 4.66. The van der Waals surface area contributed by atoms with E-state index in [1.54, 1.807) is 13.8 Å². The zero-order valence-electron chi connectivity index (χ0n) is 5.66. The second-order valence-electron chi connectivity index (χ2n) is 2.52. The van der Waals surface area contributed by atoms with Crippen molar-refractivity contribution in [3.63, 3.8) is 0 Å². The van der Waals surface area contributed by atoms with Gasteiger partial charge in [-0.3, -0.25) is 0 Å². The summed E-state index contributed by atoms with van der Waals surface area (Å²) in [4.78, 5) is 0. The minimum atomic E-state index is -0.817. The number of nitrogens with two attached hydrogens (primary N) is 1. The van der Waals surface area contributed by atoms with Gasteiger partial charge in [-0.15, -0.1) is 12.4 Å². The first kappa shape index (κ1) is 11.9. The first-order valence-corrected chi connectivity index (χ1v) is 2.56. The highest BCUT2D eigenvalue weighted by Gasteiger charge is 2.20. The molecule has 0 aromatic rings. The van der Waals surface area contributed by atoms with E-state index in [4.69, 9.17) is 15.9 Å². The van der Waals surface area contributed by atoms with Crippen molar-refractivity contribution in [1.29, 1.82) is 0 Å². The van der Waals surface area contributed by atoms with Crippen molar-refractivity contribution in [3.05, 3.63) is 0 Å². The zero-order chi connectivity index (χ0) is 6.78. The Hall–Kier alpha value is 0.170. The van der Waals surface area contributed by atoms with Crippen LogP contribution in [0.4, 0.5) is 0 Å². The largest absolute Gasteiger partial charge is 0.394 e. The second-order valence-corrected chi connectivity index (χ2v) is 2.52. The van der Waals surface area contributed by atoms with Crippen LogP contribution in [0.25, 0.3) is 0 Å². The number of rotatable bonds is 2. The number of aliphatic hydroxyl groups excluding tert-OH is 2. The molecule has 1 unspecified atom stereocenters. The minimum absolute atomic E-state index is 0. The van der Waals surface area contributed by atoms with Crippen LogP contribution in [0, 0.1) is 0 Å². The van der Waals surface area contributed by atoms with Crippen LogP contribution >= 0.6 is 12.4 Å². The van der Waals surface area contributed by atoms with Crippen LogP contribution in [-0.2, 0) is 0 Å². The van der Waals surface area contributed by atoms with Crippen molar-refractivity contribution >= 4 is 12.4 Å². The summed E-state index contributed by atoms with van der Waals surface area (Å²) >= 11 is 0. The molecule has 1 atom stereocenters. The van der Waals surface area contributed by atoms with Crippen molar-refractivity contribution in [2.24, 2.45) is 5.73 Å². The monoisotopic (exact) mass is 155 g/mol. The lowest BCUT2D eigenvalue weighted by Gasteiger charge is -2.23. The maximum atomic E-state index is 8.82. The molecule has 0 spiro atoms. The van der Waals surface area contributed by atoms with Gasteiger partial charge in [0.2, 0.25) is 0 Å². The Balaban J connectivity index is 0. The summed E-state index contributed by atoms with van der Waals surface area (Å²) < 4.78 is 0. The fourth-order valence-corrected chi connectivity index (χ4v) is 0.235.